The molecule has 20 heavy (non-hydrogen) atoms. The van der Waals surface area contributed by atoms with Gasteiger partial charge in [0.05, 0.1) is 11.1 Å². The lowest BCUT2D eigenvalue weighted by Gasteiger charge is -2.08. The number of hydrogen-bond acceptors (Lipinski definition) is 3. The summed E-state index contributed by atoms with van der Waals surface area (Å²) in [5.41, 5.74) is -3.59. The molecule has 0 aliphatic heterocycles. The van der Waals surface area contributed by atoms with Gasteiger partial charge in [0.2, 0.25) is 0 Å². The fraction of sp³-hybridized carbons (Fsp3) is 0.250. The SMILES string of the molecule is O=[P+](O)C(F)(F)c1cc2nc(CCO)ccc2cc1Br. The molecule has 2 rings (SSSR count). The van der Waals surface area contributed by atoms with Gasteiger partial charge in [0, 0.05) is 28.6 Å². The summed E-state index contributed by atoms with van der Waals surface area (Å²) in [6, 6.07) is 5.89. The van der Waals surface area contributed by atoms with Crippen LogP contribution in [0.3, 0.4) is 0 Å². The maximum Gasteiger partial charge on any atom is 0.589 e. The van der Waals surface area contributed by atoms with Crippen molar-refractivity contribution in [2.24, 2.45) is 0 Å². The van der Waals surface area contributed by atoms with Crippen LogP contribution in [0.2, 0.25) is 0 Å². The van der Waals surface area contributed by atoms with Crippen LogP contribution in [0.4, 0.5) is 8.78 Å². The van der Waals surface area contributed by atoms with Crippen LogP contribution in [0, 0.1) is 0 Å². The predicted molar refractivity (Wildman–Crippen MR) is 74.0 cm³/mol. The molecule has 4 nitrogen and oxygen atoms in total. The van der Waals surface area contributed by atoms with Crippen molar-refractivity contribution in [3.8, 4) is 0 Å². The summed E-state index contributed by atoms with van der Waals surface area (Å²) < 4.78 is 38.2. The molecule has 1 heterocycles. The van der Waals surface area contributed by atoms with Crippen molar-refractivity contribution in [1.82, 2.24) is 4.98 Å². The Labute approximate surface area is 122 Å². The molecule has 0 amide bonds. The van der Waals surface area contributed by atoms with E-state index < -0.39 is 19.3 Å². The van der Waals surface area contributed by atoms with Gasteiger partial charge in [-0.15, -0.1) is 8.78 Å². The van der Waals surface area contributed by atoms with Crippen molar-refractivity contribution in [2.75, 3.05) is 6.61 Å². The predicted octanol–water partition coefficient (Wildman–Crippen LogP) is 3.32. The fourth-order valence-electron chi connectivity index (χ4n) is 1.77. The molecule has 0 saturated heterocycles. The van der Waals surface area contributed by atoms with Crippen LogP contribution < -0.4 is 0 Å². The van der Waals surface area contributed by atoms with E-state index in [-0.39, 0.29) is 16.6 Å². The number of aliphatic hydroxyl groups is 1. The zero-order chi connectivity index (χ0) is 14.9. The average Bonchev–Trinajstić information content (AvgIpc) is 2.38. The van der Waals surface area contributed by atoms with Gasteiger partial charge in [-0.2, -0.15) is 4.89 Å². The van der Waals surface area contributed by atoms with Crippen LogP contribution in [0.25, 0.3) is 10.9 Å². The summed E-state index contributed by atoms with van der Waals surface area (Å²) in [7, 11) is -3.69. The van der Waals surface area contributed by atoms with Crippen molar-refractivity contribution in [2.45, 2.75) is 12.1 Å². The van der Waals surface area contributed by atoms with E-state index in [1.165, 1.54) is 6.07 Å². The van der Waals surface area contributed by atoms with E-state index in [9.17, 15) is 13.3 Å². The van der Waals surface area contributed by atoms with E-state index in [1.54, 1.807) is 12.1 Å². The smallest absolute Gasteiger partial charge is 0.396 e. The summed E-state index contributed by atoms with van der Waals surface area (Å²) in [5.74, 6) is 0. The number of aromatic nitrogens is 1. The topological polar surface area (TPSA) is 70.4 Å². The highest BCUT2D eigenvalue weighted by Gasteiger charge is 2.54. The molecule has 0 bridgehead atoms. The molecule has 0 radical (unpaired) electrons. The Morgan fingerprint density at radius 3 is 2.65 bits per heavy atom. The molecule has 2 N–H and O–H groups in total. The Kier molecular flexibility index (Phi) is 4.44. The largest absolute Gasteiger partial charge is 0.589 e. The lowest BCUT2D eigenvalue weighted by molar-refractivity contribution is 0.0808. The van der Waals surface area contributed by atoms with Crippen LogP contribution in [-0.4, -0.2) is 21.6 Å². The van der Waals surface area contributed by atoms with Gasteiger partial charge < -0.3 is 5.11 Å². The normalized spacial score (nSPS) is 12.8. The molecule has 1 atom stereocenters. The number of pyridine rings is 1. The van der Waals surface area contributed by atoms with E-state index in [1.807, 2.05) is 0 Å². The molecule has 0 fully saturated rings. The Balaban J connectivity index is 2.62. The van der Waals surface area contributed by atoms with Gasteiger partial charge in [-0.05, 0) is 22.8 Å². The second-order valence-corrected chi connectivity index (χ2v) is 6.08. The quantitative estimate of drug-likeness (QED) is 0.816. The highest BCUT2D eigenvalue weighted by atomic mass is 79.9. The number of benzene rings is 1. The first-order valence-corrected chi connectivity index (χ1v) is 7.61. The molecule has 1 unspecified atom stereocenters. The van der Waals surface area contributed by atoms with Gasteiger partial charge in [-0.3, -0.25) is 4.98 Å². The summed E-state index contributed by atoms with van der Waals surface area (Å²) in [6.07, 6.45) is 0.312. The molecule has 1 aromatic carbocycles. The molecule has 0 saturated carbocycles. The summed E-state index contributed by atoms with van der Waals surface area (Å²) in [6.45, 7) is -0.0967. The van der Waals surface area contributed by atoms with Crippen molar-refractivity contribution in [3.05, 3.63) is 40.0 Å². The third-order valence-corrected chi connectivity index (χ3v) is 4.15. The highest BCUT2D eigenvalue weighted by Crippen LogP contribution is 2.50. The molecular formula is C12H10BrF2NO3P+. The van der Waals surface area contributed by atoms with E-state index in [0.717, 1.165) is 6.07 Å². The minimum absolute atomic E-state index is 0.0455. The maximum absolute atomic E-state index is 13.7. The van der Waals surface area contributed by atoms with Crippen LogP contribution in [0.1, 0.15) is 11.3 Å². The zero-order valence-corrected chi connectivity index (χ0v) is 12.5. The van der Waals surface area contributed by atoms with E-state index in [0.29, 0.717) is 17.5 Å². The molecule has 1 aromatic heterocycles. The van der Waals surface area contributed by atoms with Gasteiger partial charge in [0.1, 0.15) is 0 Å². The second kappa shape index (κ2) is 5.77. The summed E-state index contributed by atoms with van der Waals surface area (Å²) in [4.78, 5) is 12.9. The molecule has 0 aliphatic carbocycles. The first-order chi connectivity index (χ1) is 9.36. The third-order valence-electron chi connectivity index (χ3n) is 2.77. The van der Waals surface area contributed by atoms with E-state index in [2.05, 4.69) is 20.9 Å². The minimum Gasteiger partial charge on any atom is -0.396 e. The van der Waals surface area contributed by atoms with Crippen LogP contribution in [0.5, 0.6) is 0 Å². The fourth-order valence-corrected chi connectivity index (χ4v) is 2.93. The Morgan fingerprint density at radius 2 is 2.05 bits per heavy atom. The second-order valence-electron chi connectivity index (χ2n) is 4.12. The molecule has 106 valence electrons. The van der Waals surface area contributed by atoms with E-state index in [4.69, 9.17) is 10.00 Å². The van der Waals surface area contributed by atoms with Crippen molar-refractivity contribution < 1.29 is 23.3 Å². The third kappa shape index (κ3) is 2.86. The molecule has 0 spiro atoms. The first-order valence-electron chi connectivity index (χ1n) is 5.61. The lowest BCUT2D eigenvalue weighted by atomic mass is 10.1. The number of fused-ring (bicyclic) bond motifs is 1. The summed E-state index contributed by atoms with van der Waals surface area (Å²) in [5, 5.41) is 9.47. The van der Waals surface area contributed by atoms with Crippen molar-refractivity contribution in [3.63, 3.8) is 0 Å². The van der Waals surface area contributed by atoms with Crippen LogP contribution in [-0.2, 0) is 16.6 Å². The Bertz CT molecular complexity index is 681. The first kappa shape index (κ1) is 15.4. The van der Waals surface area contributed by atoms with Gasteiger partial charge in [0.15, 0.2) is 0 Å². The molecule has 8 heteroatoms. The average molecular weight is 365 g/mol. The Hall–Kier alpha value is -1.01. The number of alkyl halides is 2. The van der Waals surface area contributed by atoms with E-state index >= 15 is 0 Å². The van der Waals surface area contributed by atoms with Crippen LogP contribution >= 0.6 is 24.0 Å². The van der Waals surface area contributed by atoms with Crippen molar-refractivity contribution >= 4 is 34.9 Å². The minimum atomic E-state index is -3.85. The maximum atomic E-state index is 13.7. The molecule has 2 aromatic rings. The number of nitrogens with zero attached hydrogens (tertiary/aromatic N) is 1. The van der Waals surface area contributed by atoms with Crippen molar-refractivity contribution in [1.29, 1.82) is 0 Å². The van der Waals surface area contributed by atoms with Gasteiger partial charge in [-0.1, -0.05) is 22.0 Å². The molecular weight excluding hydrogens is 355 g/mol. The number of hydrogen-bond donors (Lipinski definition) is 2. The van der Waals surface area contributed by atoms with Gasteiger partial charge in [-0.25, -0.2) is 0 Å². The number of aliphatic hydroxyl groups excluding tert-OH is 1. The standard InChI is InChI=1S/C12H9BrF2NO3P/c13-10-5-7-1-2-8(3-4-17)16-11(7)6-9(10)12(14,15)20(18)19/h1-2,5-6,17H,3-4H2/p+1. The zero-order valence-electron chi connectivity index (χ0n) is 10.1. The number of halogens is 3. The Morgan fingerprint density at radius 1 is 1.35 bits per heavy atom. The summed E-state index contributed by atoms with van der Waals surface area (Å²) >= 11 is 2.98. The molecule has 0 aliphatic rings. The van der Waals surface area contributed by atoms with Crippen LogP contribution in [0.15, 0.2) is 28.7 Å². The highest BCUT2D eigenvalue weighted by molar-refractivity contribution is 9.10. The monoisotopic (exact) mass is 364 g/mol. The number of rotatable bonds is 4. The lowest BCUT2D eigenvalue weighted by Crippen LogP contribution is -2.09. The van der Waals surface area contributed by atoms with Gasteiger partial charge >= 0.3 is 13.7 Å². The van der Waals surface area contributed by atoms with Gasteiger partial charge in [0.25, 0.3) is 0 Å².